The molecule has 0 bridgehead atoms. The lowest BCUT2D eigenvalue weighted by Crippen LogP contribution is -2.39. The van der Waals surface area contributed by atoms with Gasteiger partial charge in [0.05, 0.1) is 15.5 Å². The van der Waals surface area contributed by atoms with E-state index in [-0.39, 0.29) is 21.6 Å². The molecule has 1 aliphatic rings. The van der Waals surface area contributed by atoms with E-state index in [2.05, 4.69) is 35.1 Å². The molecular weight excluding hydrogens is 327 g/mol. The molecule has 0 saturated heterocycles. The summed E-state index contributed by atoms with van der Waals surface area (Å²) in [6.45, 7) is 4.32. The number of nitrogens with one attached hydrogen (secondary N) is 1. The largest absolute Gasteiger partial charge is 0.376 e. The first kappa shape index (κ1) is 15.2. The van der Waals surface area contributed by atoms with Crippen LogP contribution in [0.25, 0.3) is 0 Å². The summed E-state index contributed by atoms with van der Waals surface area (Å²) in [5, 5.41) is 14.3. The van der Waals surface area contributed by atoms with Crippen molar-refractivity contribution in [3.8, 4) is 0 Å². The maximum absolute atomic E-state index is 13.5. The second-order valence-electron chi connectivity index (χ2n) is 5.97. The number of hydrogen-bond acceptors (Lipinski definition) is 3. The minimum absolute atomic E-state index is 0.0764. The number of nitro benzene ring substituents is 1. The molecule has 1 fully saturated rings. The Morgan fingerprint density at radius 1 is 1.45 bits per heavy atom. The molecule has 1 atom stereocenters. The van der Waals surface area contributed by atoms with Gasteiger partial charge < -0.3 is 5.32 Å². The summed E-state index contributed by atoms with van der Waals surface area (Å²) >= 11 is 3.09. The van der Waals surface area contributed by atoms with Gasteiger partial charge in [-0.3, -0.25) is 10.1 Å². The lowest BCUT2D eigenvalue weighted by atomic mass is 9.73. The van der Waals surface area contributed by atoms with Gasteiger partial charge in [-0.15, -0.1) is 0 Å². The van der Waals surface area contributed by atoms with Crippen molar-refractivity contribution in [3.05, 3.63) is 32.5 Å². The number of anilines is 1. The van der Waals surface area contributed by atoms with Crippen LogP contribution in [0.4, 0.5) is 15.8 Å². The molecule has 1 aromatic carbocycles. The summed E-state index contributed by atoms with van der Waals surface area (Å²) in [4.78, 5) is 10.5. The van der Waals surface area contributed by atoms with E-state index >= 15 is 0 Å². The van der Waals surface area contributed by atoms with Gasteiger partial charge in [0.2, 0.25) is 0 Å². The lowest BCUT2D eigenvalue weighted by Gasteiger charge is -2.39. The summed E-state index contributed by atoms with van der Waals surface area (Å²) in [5.41, 5.74) is 0.239. The van der Waals surface area contributed by atoms with E-state index in [9.17, 15) is 14.5 Å². The number of halogens is 2. The highest BCUT2D eigenvalue weighted by Crippen LogP contribution is 2.39. The maximum atomic E-state index is 13.5. The highest BCUT2D eigenvalue weighted by atomic mass is 79.9. The minimum Gasteiger partial charge on any atom is -0.376 e. The van der Waals surface area contributed by atoms with E-state index in [1.807, 2.05) is 0 Å². The van der Waals surface area contributed by atoms with E-state index in [0.717, 1.165) is 25.3 Å². The van der Waals surface area contributed by atoms with Crippen molar-refractivity contribution in [1.82, 2.24) is 0 Å². The van der Waals surface area contributed by atoms with E-state index in [0.29, 0.717) is 5.69 Å². The van der Waals surface area contributed by atoms with Crippen LogP contribution in [0.15, 0.2) is 16.6 Å². The molecule has 1 aromatic rings. The third-order valence-electron chi connectivity index (χ3n) is 4.07. The van der Waals surface area contributed by atoms with Gasteiger partial charge in [-0.2, -0.15) is 0 Å². The van der Waals surface area contributed by atoms with Crippen LogP contribution in [0.3, 0.4) is 0 Å². The number of benzene rings is 1. The molecule has 0 spiro atoms. The van der Waals surface area contributed by atoms with E-state index in [4.69, 9.17) is 0 Å². The van der Waals surface area contributed by atoms with Crippen molar-refractivity contribution in [1.29, 1.82) is 0 Å². The molecule has 20 heavy (non-hydrogen) atoms. The smallest absolute Gasteiger partial charge is 0.295 e. The van der Waals surface area contributed by atoms with Crippen LogP contribution < -0.4 is 5.32 Å². The molecule has 0 radical (unpaired) electrons. The zero-order chi connectivity index (χ0) is 14.9. The summed E-state index contributed by atoms with van der Waals surface area (Å²) in [6.07, 6.45) is 4.34. The fourth-order valence-electron chi connectivity index (χ4n) is 2.75. The van der Waals surface area contributed by atoms with Gasteiger partial charge in [0.25, 0.3) is 5.69 Å². The van der Waals surface area contributed by atoms with Crippen LogP contribution in [-0.4, -0.2) is 11.0 Å². The van der Waals surface area contributed by atoms with Crippen LogP contribution in [0, 0.1) is 21.3 Å². The van der Waals surface area contributed by atoms with Crippen molar-refractivity contribution in [2.75, 3.05) is 5.32 Å². The SMILES string of the molecule is CC1(C)CCCCC1Nc1cc(Br)c(F)cc1[N+](=O)[O-]. The fourth-order valence-corrected chi connectivity index (χ4v) is 3.10. The van der Waals surface area contributed by atoms with Crippen molar-refractivity contribution >= 4 is 27.3 Å². The molecule has 110 valence electrons. The Morgan fingerprint density at radius 3 is 2.75 bits per heavy atom. The summed E-state index contributed by atoms with van der Waals surface area (Å²) < 4.78 is 13.7. The number of rotatable bonds is 3. The molecule has 0 aliphatic heterocycles. The molecule has 4 nitrogen and oxygen atoms in total. The fraction of sp³-hybridized carbons (Fsp3) is 0.571. The third-order valence-corrected chi connectivity index (χ3v) is 4.68. The molecule has 1 saturated carbocycles. The van der Waals surface area contributed by atoms with Crippen molar-refractivity contribution in [2.24, 2.45) is 5.41 Å². The van der Waals surface area contributed by atoms with E-state index < -0.39 is 10.7 Å². The van der Waals surface area contributed by atoms with Crippen LogP contribution in [0.2, 0.25) is 0 Å². The standard InChI is InChI=1S/C14H18BrFN2O2/c1-14(2)6-4-3-5-13(14)17-11-7-9(15)10(16)8-12(11)18(19)20/h7-8,13,17H,3-6H2,1-2H3. The highest BCUT2D eigenvalue weighted by Gasteiger charge is 2.33. The summed E-state index contributed by atoms with van der Waals surface area (Å²) in [5.74, 6) is -0.620. The molecular formula is C14H18BrFN2O2. The van der Waals surface area contributed by atoms with Crippen molar-refractivity contribution in [2.45, 2.75) is 45.6 Å². The predicted octanol–water partition coefficient (Wildman–Crippen LogP) is 4.88. The summed E-state index contributed by atoms with van der Waals surface area (Å²) in [6, 6.07) is 2.58. The van der Waals surface area contributed by atoms with Gasteiger partial charge in [-0.05, 0) is 40.3 Å². The van der Waals surface area contributed by atoms with Crippen LogP contribution in [-0.2, 0) is 0 Å². The zero-order valence-electron chi connectivity index (χ0n) is 11.6. The third kappa shape index (κ3) is 3.11. The second-order valence-corrected chi connectivity index (χ2v) is 6.83. The Balaban J connectivity index is 2.32. The average molecular weight is 345 g/mol. The molecule has 1 unspecified atom stereocenters. The van der Waals surface area contributed by atoms with Crippen LogP contribution in [0.5, 0.6) is 0 Å². The maximum Gasteiger partial charge on any atom is 0.295 e. The summed E-state index contributed by atoms with van der Waals surface area (Å²) in [7, 11) is 0. The number of nitrogens with zero attached hydrogens (tertiary/aromatic N) is 1. The Kier molecular flexibility index (Phi) is 4.32. The molecule has 1 N–H and O–H groups in total. The van der Waals surface area contributed by atoms with Gasteiger partial charge in [0.1, 0.15) is 11.5 Å². The first-order chi connectivity index (χ1) is 9.31. The number of hydrogen-bond donors (Lipinski definition) is 1. The quantitative estimate of drug-likeness (QED) is 0.628. The highest BCUT2D eigenvalue weighted by molar-refractivity contribution is 9.10. The van der Waals surface area contributed by atoms with Crippen molar-refractivity contribution < 1.29 is 9.31 Å². The van der Waals surface area contributed by atoms with Gasteiger partial charge in [-0.25, -0.2) is 4.39 Å². The molecule has 1 aliphatic carbocycles. The Labute approximate surface area is 126 Å². The topological polar surface area (TPSA) is 55.2 Å². The van der Waals surface area contributed by atoms with Gasteiger partial charge in [0, 0.05) is 6.04 Å². The zero-order valence-corrected chi connectivity index (χ0v) is 13.2. The Morgan fingerprint density at radius 2 is 2.15 bits per heavy atom. The van der Waals surface area contributed by atoms with E-state index in [1.54, 1.807) is 0 Å². The normalized spacial score (nSPS) is 21.5. The minimum atomic E-state index is -0.620. The molecule has 6 heteroatoms. The second kappa shape index (κ2) is 5.68. The first-order valence-electron chi connectivity index (χ1n) is 6.71. The molecule has 0 heterocycles. The molecule has 0 aromatic heterocycles. The Bertz CT molecular complexity index is 534. The monoisotopic (exact) mass is 344 g/mol. The first-order valence-corrected chi connectivity index (χ1v) is 7.50. The number of nitro groups is 1. The van der Waals surface area contributed by atoms with Crippen molar-refractivity contribution in [3.63, 3.8) is 0 Å². The predicted molar refractivity (Wildman–Crippen MR) is 80.4 cm³/mol. The van der Waals surface area contributed by atoms with Gasteiger partial charge in [-0.1, -0.05) is 26.7 Å². The molecule has 0 amide bonds. The van der Waals surface area contributed by atoms with Crippen LogP contribution in [0.1, 0.15) is 39.5 Å². The van der Waals surface area contributed by atoms with Gasteiger partial charge in [0.15, 0.2) is 0 Å². The molecule has 2 rings (SSSR count). The van der Waals surface area contributed by atoms with Crippen LogP contribution >= 0.6 is 15.9 Å². The lowest BCUT2D eigenvalue weighted by molar-refractivity contribution is -0.384. The van der Waals surface area contributed by atoms with Gasteiger partial charge >= 0.3 is 0 Å². The Hall–Kier alpha value is -1.17. The average Bonchev–Trinajstić information content (AvgIpc) is 2.35. The van der Waals surface area contributed by atoms with E-state index in [1.165, 1.54) is 12.5 Å².